The van der Waals surface area contributed by atoms with Gasteiger partial charge in [-0.05, 0) is 12.8 Å². The SMILES string of the molecule is O=[C]CNC(=O)CNC1CC1. The standard InChI is InChI=1S/C7H11N2O2/c10-4-3-8-7(11)5-9-6-1-2-6/h6,9H,1-3,5H2,(H,8,11). The second-order valence-electron chi connectivity index (χ2n) is 2.58. The summed E-state index contributed by atoms with van der Waals surface area (Å²) in [6, 6.07) is 0.529. The zero-order chi connectivity index (χ0) is 8.10. The van der Waals surface area contributed by atoms with Crippen LogP contribution in [0.1, 0.15) is 12.8 Å². The largest absolute Gasteiger partial charge is 0.347 e. The third kappa shape index (κ3) is 3.72. The Morgan fingerprint density at radius 2 is 2.27 bits per heavy atom. The Hall–Kier alpha value is -0.900. The molecule has 0 bridgehead atoms. The van der Waals surface area contributed by atoms with Crippen molar-refractivity contribution in [3.63, 3.8) is 0 Å². The van der Waals surface area contributed by atoms with E-state index >= 15 is 0 Å². The van der Waals surface area contributed by atoms with E-state index in [9.17, 15) is 9.59 Å². The Bertz CT molecular complexity index is 155. The van der Waals surface area contributed by atoms with E-state index in [1.54, 1.807) is 6.29 Å². The molecule has 4 nitrogen and oxygen atoms in total. The average molecular weight is 155 g/mol. The van der Waals surface area contributed by atoms with Crippen molar-refractivity contribution in [1.29, 1.82) is 0 Å². The summed E-state index contributed by atoms with van der Waals surface area (Å²) in [6.45, 7) is 0.303. The van der Waals surface area contributed by atoms with Crippen molar-refractivity contribution in [2.24, 2.45) is 0 Å². The van der Waals surface area contributed by atoms with Crippen LogP contribution >= 0.6 is 0 Å². The highest BCUT2D eigenvalue weighted by molar-refractivity contribution is 5.80. The maximum atomic E-state index is 10.8. The van der Waals surface area contributed by atoms with Gasteiger partial charge in [0.2, 0.25) is 12.2 Å². The second kappa shape index (κ2) is 4.08. The number of hydrogen-bond donors (Lipinski definition) is 2. The maximum absolute atomic E-state index is 10.8. The van der Waals surface area contributed by atoms with Gasteiger partial charge in [0.05, 0.1) is 13.1 Å². The Kier molecular flexibility index (Phi) is 3.04. The first-order valence-corrected chi connectivity index (χ1v) is 3.68. The lowest BCUT2D eigenvalue weighted by molar-refractivity contribution is -0.120. The summed E-state index contributed by atoms with van der Waals surface area (Å²) in [7, 11) is 0. The quantitative estimate of drug-likeness (QED) is 0.533. The normalized spacial score (nSPS) is 16.0. The highest BCUT2D eigenvalue weighted by atomic mass is 16.2. The van der Waals surface area contributed by atoms with Crippen LogP contribution in [0.2, 0.25) is 0 Å². The van der Waals surface area contributed by atoms with Crippen molar-refractivity contribution < 1.29 is 9.59 Å². The Morgan fingerprint density at radius 1 is 1.55 bits per heavy atom. The van der Waals surface area contributed by atoms with Crippen LogP contribution in [0.5, 0.6) is 0 Å². The molecule has 1 aliphatic carbocycles. The van der Waals surface area contributed by atoms with E-state index in [0.29, 0.717) is 12.6 Å². The number of nitrogens with one attached hydrogen (secondary N) is 2. The van der Waals surface area contributed by atoms with Gasteiger partial charge in [0, 0.05) is 6.04 Å². The molecule has 1 saturated carbocycles. The van der Waals surface area contributed by atoms with Crippen molar-refractivity contribution in [1.82, 2.24) is 10.6 Å². The molecule has 1 aliphatic rings. The van der Waals surface area contributed by atoms with Gasteiger partial charge in [-0.1, -0.05) is 0 Å². The van der Waals surface area contributed by atoms with E-state index in [1.165, 1.54) is 0 Å². The van der Waals surface area contributed by atoms with Crippen LogP contribution in [-0.2, 0) is 9.59 Å². The molecule has 1 amide bonds. The molecule has 0 aromatic heterocycles. The van der Waals surface area contributed by atoms with E-state index in [-0.39, 0.29) is 12.5 Å². The van der Waals surface area contributed by atoms with Gasteiger partial charge in [0.1, 0.15) is 0 Å². The minimum Gasteiger partial charge on any atom is -0.347 e. The van der Waals surface area contributed by atoms with Crippen molar-refractivity contribution >= 4 is 12.2 Å². The average Bonchev–Trinajstić information content (AvgIpc) is 2.80. The van der Waals surface area contributed by atoms with E-state index in [2.05, 4.69) is 10.6 Å². The maximum Gasteiger partial charge on any atom is 0.234 e. The topological polar surface area (TPSA) is 58.2 Å². The molecule has 11 heavy (non-hydrogen) atoms. The van der Waals surface area contributed by atoms with Crippen LogP contribution in [0, 0.1) is 0 Å². The fourth-order valence-corrected chi connectivity index (χ4v) is 0.722. The lowest BCUT2D eigenvalue weighted by atomic mass is 10.5. The smallest absolute Gasteiger partial charge is 0.234 e. The first kappa shape index (κ1) is 8.20. The molecular weight excluding hydrogens is 144 g/mol. The molecule has 1 fully saturated rings. The van der Waals surface area contributed by atoms with Crippen LogP contribution in [-0.4, -0.2) is 31.3 Å². The number of rotatable bonds is 5. The van der Waals surface area contributed by atoms with Gasteiger partial charge in [-0.15, -0.1) is 0 Å². The number of carbonyl (C=O) groups excluding carboxylic acids is 2. The fourth-order valence-electron chi connectivity index (χ4n) is 0.722. The molecule has 1 radical (unpaired) electrons. The molecule has 0 spiro atoms. The minimum atomic E-state index is -0.139. The van der Waals surface area contributed by atoms with Gasteiger partial charge in [-0.3, -0.25) is 9.59 Å². The Balaban J connectivity index is 1.95. The van der Waals surface area contributed by atoms with Gasteiger partial charge in [-0.25, -0.2) is 0 Å². The predicted molar refractivity (Wildman–Crippen MR) is 39.7 cm³/mol. The van der Waals surface area contributed by atoms with E-state index < -0.39 is 0 Å². The second-order valence-corrected chi connectivity index (χ2v) is 2.58. The summed E-state index contributed by atoms with van der Waals surface area (Å²) in [5.74, 6) is -0.139. The monoisotopic (exact) mass is 155 g/mol. The van der Waals surface area contributed by atoms with Crippen LogP contribution < -0.4 is 10.6 Å². The molecule has 0 atom stereocenters. The van der Waals surface area contributed by atoms with Gasteiger partial charge in [-0.2, -0.15) is 0 Å². The third-order valence-corrected chi connectivity index (χ3v) is 1.49. The lowest BCUT2D eigenvalue weighted by Crippen LogP contribution is -2.35. The lowest BCUT2D eigenvalue weighted by Gasteiger charge is -2.00. The number of hydrogen-bond acceptors (Lipinski definition) is 3. The van der Waals surface area contributed by atoms with Crippen LogP contribution in [0.25, 0.3) is 0 Å². The van der Waals surface area contributed by atoms with Gasteiger partial charge in [0.15, 0.2) is 0 Å². The summed E-state index contributed by atoms with van der Waals surface area (Å²) in [6.07, 6.45) is 3.91. The molecule has 0 aliphatic heterocycles. The summed E-state index contributed by atoms with van der Waals surface area (Å²) in [5.41, 5.74) is 0. The molecule has 0 aromatic carbocycles. The zero-order valence-electron chi connectivity index (χ0n) is 6.22. The van der Waals surface area contributed by atoms with Gasteiger partial charge >= 0.3 is 0 Å². The summed E-state index contributed by atoms with van der Waals surface area (Å²) in [4.78, 5) is 20.5. The van der Waals surface area contributed by atoms with Crippen molar-refractivity contribution in [2.75, 3.05) is 13.1 Å². The van der Waals surface area contributed by atoms with Crippen LogP contribution in [0.3, 0.4) is 0 Å². The number of amides is 1. The van der Waals surface area contributed by atoms with Crippen molar-refractivity contribution in [3.05, 3.63) is 0 Å². The van der Waals surface area contributed by atoms with Crippen LogP contribution in [0.15, 0.2) is 0 Å². The highest BCUT2D eigenvalue weighted by Gasteiger charge is 2.20. The highest BCUT2D eigenvalue weighted by Crippen LogP contribution is 2.17. The van der Waals surface area contributed by atoms with Crippen molar-refractivity contribution in [3.8, 4) is 0 Å². The van der Waals surface area contributed by atoms with Gasteiger partial charge < -0.3 is 10.6 Å². The van der Waals surface area contributed by atoms with Crippen molar-refractivity contribution in [2.45, 2.75) is 18.9 Å². The van der Waals surface area contributed by atoms with E-state index in [1.807, 2.05) is 0 Å². The summed E-state index contributed by atoms with van der Waals surface area (Å²) < 4.78 is 0. The Morgan fingerprint density at radius 3 is 2.82 bits per heavy atom. The zero-order valence-corrected chi connectivity index (χ0v) is 6.22. The molecular formula is C7H11N2O2. The molecule has 0 heterocycles. The summed E-state index contributed by atoms with van der Waals surface area (Å²) in [5, 5.41) is 5.41. The fraction of sp³-hybridized carbons (Fsp3) is 0.714. The predicted octanol–water partition coefficient (Wildman–Crippen LogP) is -1.04. The number of carbonyl (C=O) groups is 1. The molecule has 1 rings (SSSR count). The summed E-state index contributed by atoms with van der Waals surface area (Å²) >= 11 is 0. The van der Waals surface area contributed by atoms with Crippen LogP contribution in [0.4, 0.5) is 0 Å². The van der Waals surface area contributed by atoms with E-state index in [4.69, 9.17) is 0 Å². The van der Waals surface area contributed by atoms with E-state index in [0.717, 1.165) is 12.8 Å². The first-order valence-electron chi connectivity index (χ1n) is 3.68. The van der Waals surface area contributed by atoms with Gasteiger partial charge in [0.25, 0.3) is 0 Å². The Labute approximate surface area is 65.3 Å². The molecule has 0 unspecified atom stereocenters. The third-order valence-electron chi connectivity index (χ3n) is 1.49. The molecule has 2 N–H and O–H groups in total. The molecule has 0 aromatic rings. The molecule has 4 heteroatoms. The molecule has 0 saturated heterocycles. The first-order chi connectivity index (χ1) is 5.33. The minimum absolute atomic E-state index is 0.00875. The molecule has 61 valence electrons.